The van der Waals surface area contributed by atoms with Gasteiger partial charge in [0.25, 0.3) is 0 Å². The molecule has 1 atom stereocenters. The smallest absolute Gasteiger partial charge is 0.242 e. The Morgan fingerprint density at radius 3 is 2.41 bits per heavy atom. The van der Waals surface area contributed by atoms with Crippen molar-refractivity contribution < 1.29 is 4.79 Å². The second-order valence-corrected chi connectivity index (χ2v) is 5.97. The van der Waals surface area contributed by atoms with E-state index in [1.165, 1.54) is 0 Å². The minimum absolute atomic E-state index is 0.211. The molecule has 1 heterocycles. The Bertz CT molecular complexity index is 276. The highest BCUT2D eigenvalue weighted by Crippen LogP contribution is 2.24. The predicted molar refractivity (Wildman–Crippen MR) is 70.7 cm³/mol. The SMILES string of the molecule is CC(C)C(CN)CN1CCN(C)C(=O)C1(C)C. The Morgan fingerprint density at radius 2 is 1.94 bits per heavy atom. The van der Waals surface area contributed by atoms with Gasteiger partial charge in [0.15, 0.2) is 0 Å². The third kappa shape index (κ3) is 2.99. The van der Waals surface area contributed by atoms with Crippen LogP contribution in [-0.4, -0.2) is 54.5 Å². The summed E-state index contributed by atoms with van der Waals surface area (Å²) in [7, 11) is 1.88. The van der Waals surface area contributed by atoms with Crippen LogP contribution in [0.2, 0.25) is 0 Å². The monoisotopic (exact) mass is 241 g/mol. The van der Waals surface area contributed by atoms with Gasteiger partial charge in [-0.15, -0.1) is 0 Å². The number of nitrogens with zero attached hydrogens (tertiary/aromatic N) is 2. The summed E-state index contributed by atoms with van der Waals surface area (Å²) < 4.78 is 0. The lowest BCUT2D eigenvalue weighted by atomic mass is 9.91. The van der Waals surface area contributed by atoms with Crippen molar-refractivity contribution in [3.05, 3.63) is 0 Å². The number of amides is 1. The standard InChI is InChI=1S/C13H27N3O/c1-10(2)11(8-14)9-16-7-6-15(5)12(17)13(16,3)4/h10-11H,6-9,14H2,1-5H3. The van der Waals surface area contributed by atoms with Crippen LogP contribution in [0.25, 0.3) is 0 Å². The first-order chi connectivity index (χ1) is 7.80. The highest BCUT2D eigenvalue weighted by Gasteiger charge is 2.41. The van der Waals surface area contributed by atoms with E-state index >= 15 is 0 Å². The highest BCUT2D eigenvalue weighted by atomic mass is 16.2. The topological polar surface area (TPSA) is 49.6 Å². The molecule has 4 nitrogen and oxygen atoms in total. The van der Waals surface area contributed by atoms with Crippen LogP contribution in [0.5, 0.6) is 0 Å². The fourth-order valence-electron chi connectivity index (χ4n) is 2.41. The van der Waals surface area contributed by atoms with Crippen molar-refractivity contribution >= 4 is 5.91 Å². The Labute approximate surface area is 105 Å². The summed E-state index contributed by atoms with van der Waals surface area (Å²) >= 11 is 0. The van der Waals surface area contributed by atoms with Crippen LogP contribution in [0.3, 0.4) is 0 Å². The number of hydrogen-bond donors (Lipinski definition) is 1. The quantitative estimate of drug-likeness (QED) is 0.791. The molecule has 0 aromatic rings. The number of carbonyl (C=O) groups excluding carboxylic acids is 1. The minimum Gasteiger partial charge on any atom is -0.343 e. The molecule has 0 aliphatic carbocycles. The van der Waals surface area contributed by atoms with E-state index < -0.39 is 5.54 Å². The van der Waals surface area contributed by atoms with Gasteiger partial charge in [-0.05, 0) is 32.2 Å². The Balaban J connectivity index is 2.74. The van der Waals surface area contributed by atoms with Crippen molar-refractivity contribution in [2.24, 2.45) is 17.6 Å². The third-order valence-electron chi connectivity index (χ3n) is 4.07. The van der Waals surface area contributed by atoms with Crippen molar-refractivity contribution in [3.63, 3.8) is 0 Å². The second-order valence-electron chi connectivity index (χ2n) is 5.97. The van der Waals surface area contributed by atoms with Crippen LogP contribution in [0.15, 0.2) is 0 Å². The maximum atomic E-state index is 12.1. The van der Waals surface area contributed by atoms with Crippen molar-refractivity contribution in [3.8, 4) is 0 Å². The summed E-state index contributed by atoms with van der Waals surface area (Å²) in [5.41, 5.74) is 5.43. The van der Waals surface area contributed by atoms with Crippen LogP contribution < -0.4 is 5.73 Å². The van der Waals surface area contributed by atoms with Crippen LogP contribution in [-0.2, 0) is 4.79 Å². The fourth-order valence-corrected chi connectivity index (χ4v) is 2.41. The number of carbonyl (C=O) groups is 1. The summed E-state index contributed by atoms with van der Waals surface area (Å²) in [6.45, 7) is 11.8. The summed E-state index contributed by atoms with van der Waals surface area (Å²) in [4.78, 5) is 16.3. The molecule has 0 bridgehead atoms. The molecule has 0 aromatic carbocycles. The molecule has 0 radical (unpaired) electrons. The van der Waals surface area contributed by atoms with Gasteiger partial charge in [0.1, 0.15) is 0 Å². The van der Waals surface area contributed by atoms with Gasteiger partial charge < -0.3 is 10.6 Å². The van der Waals surface area contributed by atoms with Crippen molar-refractivity contribution in [2.75, 3.05) is 33.2 Å². The van der Waals surface area contributed by atoms with Gasteiger partial charge in [0.05, 0.1) is 5.54 Å². The zero-order chi connectivity index (χ0) is 13.2. The van der Waals surface area contributed by atoms with Gasteiger partial charge in [-0.25, -0.2) is 0 Å². The summed E-state index contributed by atoms with van der Waals surface area (Å²) in [5, 5.41) is 0. The van der Waals surface area contributed by atoms with E-state index in [9.17, 15) is 4.79 Å². The van der Waals surface area contributed by atoms with E-state index in [0.29, 0.717) is 18.4 Å². The molecule has 1 aliphatic heterocycles. The predicted octanol–water partition coefficient (Wildman–Crippen LogP) is 0.770. The lowest BCUT2D eigenvalue weighted by molar-refractivity contribution is -0.147. The molecule has 100 valence electrons. The number of hydrogen-bond acceptors (Lipinski definition) is 3. The molecule has 1 amide bonds. The molecular formula is C13H27N3O. The lowest BCUT2D eigenvalue weighted by Crippen LogP contribution is -2.63. The van der Waals surface area contributed by atoms with Gasteiger partial charge in [-0.1, -0.05) is 13.8 Å². The zero-order valence-corrected chi connectivity index (χ0v) is 11.9. The Kier molecular flexibility index (Phi) is 4.55. The zero-order valence-electron chi connectivity index (χ0n) is 11.9. The van der Waals surface area contributed by atoms with Crippen molar-refractivity contribution in [2.45, 2.75) is 33.2 Å². The average Bonchev–Trinajstić information content (AvgIpc) is 2.25. The first-order valence-electron chi connectivity index (χ1n) is 6.51. The van der Waals surface area contributed by atoms with Crippen LogP contribution in [0, 0.1) is 11.8 Å². The van der Waals surface area contributed by atoms with Gasteiger partial charge in [-0.2, -0.15) is 0 Å². The fraction of sp³-hybridized carbons (Fsp3) is 0.923. The summed E-state index contributed by atoms with van der Waals surface area (Å²) in [6.07, 6.45) is 0. The van der Waals surface area contributed by atoms with E-state index in [4.69, 9.17) is 5.73 Å². The minimum atomic E-state index is -0.394. The molecule has 1 saturated heterocycles. The van der Waals surface area contributed by atoms with E-state index in [2.05, 4.69) is 18.7 Å². The van der Waals surface area contributed by atoms with E-state index in [1.54, 1.807) is 0 Å². The molecule has 1 aliphatic rings. The number of piperazine rings is 1. The van der Waals surface area contributed by atoms with Gasteiger partial charge in [0.2, 0.25) is 5.91 Å². The van der Waals surface area contributed by atoms with Gasteiger partial charge in [-0.3, -0.25) is 9.69 Å². The second kappa shape index (κ2) is 5.36. The van der Waals surface area contributed by atoms with Crippen LogP contribution in [0.4, 0.5) is 0 Å². The van der Waals surface area contributed by atoms with Gasteiger partial charge >= 0.3 is 0 Å². The van der Waals surface area contributed by atoms with E-state index in [1.807, 2.05) is 25.8 Å². The molecular weight excluding hydrogens is 214 g/mol. The van der Waals surface area contributed by atoms with Gasteiger partial charge in [0, 0.05) is 26.7 Å². The lowest BCUT2D eigenvalue weighted by Gasteiger charge is -2.46. The van der Waals surface area contributed by atoms with E-state index in [0.717, 1.165) is 19.6 Å². The first-order valence-corrected chi connectivity index (χ1v) is 6.51. The molecule has 1 unspecified atom stereocenters. The number of nitrogens with two attached hydrogens (primary N) is 1. The number of rotatable bonds is 4. The maximum Gasteiger partial charge on any atom is 0.242 e. The third-order valence-corrected chi connectivity index (χ3v) is 4.07. The van der Waals surface area contributed by atoms with Crippen LogP contribution in [0.1, 0.15) is 27.7 Å². The largest absolute Gasteiger partial charge is 0.343 e. The van der Waals surface area contributed by atoms with E-state index in [-0.39, 0.29) is 5.91 Å². The highest BCUT2D eigenvalue weighted by molar-refractivity contribution is 5.86. The number of likely N-dealkylation sites (N-methyl/N-ethyl adjacent to an activating group) is 1. The molecule has 1 fully saturated rings. The van der Waals surface area contributed by atoms with Crippen molar-refractivity contribution in [1.82, 2.24) is 9.80 Å². The molecule has 0 saturated carbocycles. The molecule has 17 heavy (non-hydrogen) atoms. The molecule has 0 aromatic heterocycles. The van der Waals surface area contributed by atoms with Crippen LogP contribution >= 0.6 is 0 Å². The average molecular weight is 241 g/mol. The normalized spacial score (nSPS) is 23.2. The molecule has 1 rings (SSSR count). The van der Waals surface area contributed by atoms with Crippen molar-refractivity contribution in [1.29, 1.82) is 0 Å². The molecule has 4 heteroatoms. The Morgan fingerprint density at radius 1 is 1.35 bits per heavy atom. The Hall–Kier alpha value is -0.610. The summed E-state index contributed by atoms with van der Waals surface area (Å²) in [5.74, 6) is 1.24. The summed E-state index contributed by atoms with van der Waals surface area (Å²) in [6, 6.07) is 0. The molecule has 0 spiro atoms. The first kappa shape index (κ1) is 14.5. The maximum absolute atomic E-state index is 12.1. The molecule has 2 N–H and O–H groups in total.